The molecule has 1 amide bonds. The molecule has 0 fully saturated rings. The number of carbonyl (C=O) groups excluding carboxylic acids is 1. The number of nitrogens with one attached hydrogen (secondary N) is 2. The summed E-state index contributed by atoms with van der Waals surface area (Å²) in [7, 11) is 0. The summed E-state index contributed by atoms with van der Waals surface area (Å²) in [5.41, 5.74) is 2.53. The first-order chi connectivity index (χ1) is 13.7. The zero-order valence-corrected chi connectivity index (χ0v) is 17.4. The lowest BCUT2D eigenvalue weighted by molar-refractivity contribution is -0.131. The molecule has 6 nitrogen and oxygen atoms in total. The fourth-order valence-electron chi connectivity index (χ4n) is 3.59. The molecule has 0 aliphatic carbocycles. The van der Waals surface area contributed by atoms with Gasteiger partial charge in [-0.3, -0.25) is 9.79 Å². The summed E-state index contributed by atoms with van der Waals surface area (Å²) >= 11 is 0. The summed E-state index contributed by atoms with van der Waals surface area (Å²) in [6.07, 6.45) is 4.31. The Balaban J connectivity index is 1.72. The number of hydrogen-bond donors (Lipinski definition) is 3. The molecular weight excluding hydrogens is 352 g/mol. The van der Waals surface area contributed by atoms with Gasteiger partial charge < -0.3 is 20.6 Å². The summed E-state index contributed by atoms with van der Waals surface area (Å²) < 4.78 is 0. The van der Waals surface area contributed by atoms with E-state index in [1.165, 1.54) is 11.1 Å². The van der Waals surface area contributed by atoms with E-state index < -0.39 is 0 Å². The predicted molar refractivity (Wildman–Crippen MR) is 114 cm³/mol. The molecule has 1 aromatic rings. The molecular formula is C22H36N4O2. The molecule has 2 rings (SSSR count). The van der Waals surface area contributed by atoms with E-state index in [1.54, 1.807) is 0 Å². The van der Waals surface area contributed by atoms with Crippen LogP contribution in [0.15, 0.2) is 29.3 Å². The maximum atomic E-state index is 12.5. The van der Waals surface area contributed by atoms with E-state index in [4.69, 9.17) is 0 Å². The Bertz CT molecular complexity index is 602. The van der Waals surface area contributed by atoms with E-state index in [0.717, 1.165) is 57.8 Å². The Labute approximate surface area is 169 Å². The van der Waals surface area contributed by atoms with Crippen molar-refractivity contribution in [3.63, 3.8) is 0 Å². The summed E-state index contributed by atoms with van der Waals surface area (Å²) in [6, 6.07) is 8.27. The third-order valence-corrected chi connectivity index (χ3v) is 5.14. The first-order valence-electron chi connectivity index (χ1n) is 10.7. The van der Waals surface area contributed by atoms with Crippen LogP contribution in [0.4, 0.5) is 0 Å². The third-order valence-electron chi connectivity index (χ3n) is 5.14. The number of fused-ring (bicyclic) bond motifs is 1. The minimum absolute atomic E-state index is 0.214. The Morgan fingerprint density at radius 1 is 1.18 bits per heavy atom. The van der Waals surface area contributed by atoms with E-state index in [1.807, 2.05) is 24.0 Å². The Kier molecular flexibility index (Phi) is 9.83. The van der Waals surface area contributed by atoms with Crippen LogP contribution >= 0.6 is 0 Å². The van der Waals surface area contributed by atoms with Crippen molar-refractivity contribution in [1.29, 1.82) is 0 Å². The van der Waals surface area contributed by atoms with Gasteiger partial charge in [-0.15, -0.1) is 0 Å². The van der Waals surface area contributed by atoms with Gasteiger partial charge in [-0.1, -0.05) is 37.6 Å². The number of aliphatic hydroxyl groups is 1. The van der Waals surface area contributed by atoms with Gasteiger partial charge in [0.25, 0.3) is 0 Å². The number of carbonyl (C=O) groups is 1. The molecule has 1 aromatic carbocycles. The first kappa shape index (κ1) is 22.2. The van der Waals surface area contributed by atoms with Gasteiger partial charge in [-0.25, -0.2) is 0 Å². The monoisotopic (exact) mass is 388 g/mol. The predicted octanol–water partition coefficient (Wildman–Crippen LogP) is 2.66. The molecule has 0 bridgehead atoms. The molecule has 1 aliphatic heterocycles. The van der Waals surface area contributed by atoms with E-state index in [2.05, 4.69) is 34.7 Å². The maximum Gasteiger partial charge on any atom is 0.223 e. The van der Waals surface area contributed by atoms with Crippen molar-refractivity contribution in [2.45, 2.75) is 59.0 Å². The second kappa shape index (κ2) is 12.4. The number of guanidine groups is 1. The second-order valence-electron chi connectivity index (χ2n) is 7.44. The maximum absolute atomic E-state index is 12.5. The van der Waals surface area contributed by atoms with E-state index in [-0.39, 0.29) is 12.5 Å². The van der Waals surface area contributed by atoms with Gasteiger partial charge in [-0.2, -0.15) is 0 Å². The standard InChI is InChI=1S/C22H36N4O2/c1-3-8-18(12-14-27)15-25-22(23-4-2)24-13-7-11-21(28)26-16-19-9-5-6-10-20(19)17-26/h5-6,9-10,18,27H,3-4,7-8,11-17H2,1-2H3,(H2,23,24,25). The van der Waals surface area contributed by atoms with Gasteiger partial charge in [0.15, 0.2) is 5.96 Å². The SMILES string of the molecule is CCCC(CCO)CN=C(NCC)NCCCC(=O)N1Cc2ccccc2C1. The lowest BCUT2D eigenvalue weighted by Gasteiger charge is -2.17. The molecule has 0 radical (unpaired) electrons. The minimum atomic E-state index is 0.214. The van der Waals surface area contributed by atoms with Crippen molar-refractivity contribution >= 4 is 11.9 Å². The number of benzene rings is 1. The Morgan fingerprint density at radius 3 is 2.50 bits per heavy atom. The smallest absolute Gasteiger partial charge is 0.223 e. The first-order valence-corrected chi connectivity index (χ1v) is 10.7. The van der Waals surface area contributed by atoms with Crippen molar-refractivity contribution in [2.24, 2.45) is 10.9 Å². The molecule has 0 aromatic heterocycles. The summed E-state index contributed by atoms with van der Waals surface area (Å²) in [6.45, 7) is 8.12. The van der Waals surface area contributed by atoms with Crippen LogP contribution < -0.4 is 10.6 Å². The number of hydrogen-bond acceptors (Lipinski definition) is 3. The molecule has 28 heavy (non-hydrogen) atoms. The molecule has 156 valence electrons. The van der Waals surface area contributed by atoms with Crippen LogP contribution in [-0.4, -0.2) is 48.1 Å². The van der Waals surface area contributed by atoms with Crippen LogP contribution in [0, 0.1) is 5.92 Å². The van der Waals surface area contributed by atoms with Crippen LogP contribution in [-0.2, 0) is 17.9 Å². The zero-order chi connectivity index (χ0) is 20.2. The molecule has 0 spiro atoms. The van der Waals surface area contributed by atoms with Gasteiger partial charge in [0, 0.05) is 45.8 Å². The van der Waals surface area contributed by atoms with E-state index in [0.29, 0.717) is 18.9 Å². The lowest BCUT2D eigenvalue weighted by atomic mass is 10.0. The average molecular weight is 389 g/mol. The third kappa shape index (κ3) is 7.15. The highest BCUT2D eigenvalue weighted by molar-refractivity contribution is 5.80. The summed E-state index contributed by atoms with van der Waals surface area (Å²) in [4.78, 5) is 19.1. The number of amides is 1. The van der Waals surface area contributed by atoms with Crippen molar-refractivity contribution in [2.75, 3.05) is 26.2 Å². The average Bonchev–Trinajstić information content (AvgIpc) is 3.13. The fraction of sp³-hybridized carbons (Fsp3) is 0.636. The van der Waals surface area contributed by atoms with Crippen LogP contribution in [0.3, 0.4) is 0 Å². The highest BCUT2D eigenvalue weighted by Crippen LogP contribution is 2.22. The van der Waals surface area contributed by atoms with Crippen molar-refractivity contribution in [1.82, 2.24) is 15.5 Å². The molecule has 6 heteroatoms. The van der Waals surface area contributed by atoms with Gasteiger partial charge in [0.2, 0.25) is 5.91 Å². The van der Waals surface area contributed by atoms with Crippen LogP contribution in [0.2, 0.25) is 0 Å². The highest BCUT2D eigenvalue weighted by Gasteiger charge is 2.22. The van der Waals surface area contributed by atoms with E-state index in [9.17, 15) is 9.90 Å². The van der Waals surface area contributed by atoms with E-state index >= 15 is 0 Å². The normalized spacial score (nSPS) is 14.7. The van der Waals surface area contributed by atoms with Crippen LogP contribution in [0.5, 0.6) is 0 Å². The van der Waals surface area contributed by atoms with Crippen LogP contribution in [0.1, 0.15) is 57.1 Å². The molecule has 1 heterocycles. The largest absolute Gasteiger partial charge is 0.396 e. The highest BCUT2D eigenvalue weighted by atomic mass is 16.3. The van der Waals surface area contributed by atoms with Crippen molar-refractivity contribution in [3.8, 4) is 0 Å². The van der Waals surface area contributed by atoms with Gasteiger partial charge >= 0.3 is 0 Å². The number of aliphatic imine (C=N–C) groups is 1. The summed E-state index contributed by atoms with van der Waals surface area (Å²) in [5, 5.41) is 15.8. The molecule has 0 saturated heterocycles. The quantitative estimate of drug-likeness (QED) is 0.309. The summed E-state index contributed by atoms with van der Waals surface area (Å²) in [5.74, 6) is 1.43. The number of nitrogens with zero attached hydrogens (tertiary/aromatic N) is 2. The zero-order valence-electron chi connectivity index (χ0n) is 17.4. The van der Waals surface area contributed by atoms with Crippen LogP contribution in [0.25, 0.3) is 0 Å². The molecule has 3 N–H and O–H groups in total. The van der Waals surface area contributed by atoms with Crippen molar-refractivity contribution in [3.05, 3.63) is 35.4 Å². The topological polar surface area (TPSA) is 77.0 Å². The lowest BCUT2D eigenvalue weighted by Crippen LogP contribution is -2.38. The number of rotatable bonds is 11. The molecule has 1 aliphatic rings. The number of aliphatic hydroxyl groups excluding tert-OH is 1. The van der Waals surface area contributed by atoms with Gasteiger partial charge in [0.05, 0.1) is 0 Å². The van der Waals surface area contributed by atoms with Crippen molar-refractivity contribution < 1.29 is 9.90 Å². The Hall–Kier alpha value is -2.08. The minimum Gasteiger partial charge on any atom is -0.396 e. The molecule has 0 saturated carbocycles. The van der Waals surface area contributed by atoms with Gasteiger partial charge in [0.1, 0.15) is 0 Å². The fourth-order valence-corrected chi connectivity index (χ4v) is 3.59. The second-order valence-corrected chi connectivity index (χ2v) is 7.44. The Morgan fingerprint density at radius 2 is 1.89 bits per heavy atom. The molecule has 1 unspecified atom stereocenters. The molecule has 1 atom stereocenters. The van der Waals surface area contributed by atoms with Gasteiger partial charge in [-0.05, 0) is 43.2 Å².